The van der Waals surface area contributed by atoms with E-state index in [9.17, 15) is 4.79 Å². The molecule has 1 aromatic carbocycles. The van der Waals surface area contributed by atoms with Crippen molar-refractivity contribution in [2.45, 2.75) is 32.7 Å². The van der Waals surface area contributed by atoms with Crippen LogP contribution in [-0.2, 0) is 6.42 Å². The normalized spacial score (nSPS) is 18.9. The largest absolute Gasteiger partial charge is 0.494 e. The maximum Gasteiger partial charge on any atom is 0.251 e. The van der Waals surface area contributed by atoms with E-state index in [2.05, 4.69) is 12.2 Å². The maximum absolute atomic E-state index is 11.8. The van der Waals surface area contributed by atoms with Crippen LogP contribution in [-0.4, -0.2) is 18.6 Å². The first-order chi connectivity index (χ1) is 7.76. The van der Waals surface area contributed by atoms with Crippen LogP contribution in [0.25, 0.3) is 0 Å². The standard InChI is InChI=1S/C13H17NO2/c1-3-9-8-11-10(13(15)14-9)6-5-7-12(11)16-4-2/h5-7,9H,3-4,8H2,1-2H3,(H,14,15). The molecule has 0 bridgehead atoms. The molecule has 86 valence electrons. The number of fused-ring (bicyclic) bond motifs is 1. The highest BCUT2D eigenvalue weighted by molar-refractivity contribution is 5.97. The highest BCUT2D eigenvalue weighted by Gasteiger charge is 2.25. The molecule has 1 atom stereocenters. The summed E-state index contributed by atoms with van der Waals surface area (Å²) in [4.78, 5) is 11.8. The molecule has 0 saturated carbocycles. The molecule has 0 aromatic heterocycles. The van der Waals surface area contributed by atoms with Crippen LogP contribution in [0.15, 0.2) is 18.2 Å². The van der Waals surface area contributed by atoms with Crippen LogP contribution in [0, 0.1) is 0 Å². The minimum absolute atomic E-state index is 0.0228. The Morgan fingerprint density at radius 1 is 1.44 bits per heavy atom. The molecule has 3 nitrogen and oxygen atoms in total. The average molecular weight is 219 g/mol. The number of carbonyl (C=O) groups is 1. The number of nitrogens with one attached hydrogen (secondary N) is 1. The molecular weight excluding hydrogens is 202 g/mol. The number of rotatable bonds is 3. The van der Waals surface area contributed by atoms with Crippen molar-refractivity contribution in [3.05, 3.63) is 29.3 Å². The average Bonchev–Trinajstić information content (AvgIpc) is 2.30. The molecule has 1 aromatic rings. The fraction of sp³-hybridized carbons (Fsp3) is 0.462. The van der Waals surface area contributed by atoms with Crippen LogP contribution >= 0.6 is 0 Å². The zero-order valence-corrected chi connectivity index (χ0v) is 9.75. The van der Waals surface area contributed by atoms with Crippen molar-refractivity contribution < 1.29 is 9.53 Å². The van der Waals surface area contributed by atoms with Crippen molar-refractivity contribution in [1.82, 2.24) is 5.32 Å². The van der Waals surface area contributed by atoms with Gasteiger partial charge in [-0.25, -0.2) is 0 Å². The van der Waals surface area contributed by atoms with E-state index >= 15 is 0 Å². The van der Waals surface area contributed by atoms with Gasteiger partial charge in [0, 0.05) is 17.2 Å². The molecule has 1 aliphatic heterocycles. The summed E-state index contributed by atoms with van der Waals surface area (Å²) in [5.41, 5.74) is 1.82. The number of hydrogen-bond donors (Lipinski definition) is 1. The van der Waals surface area contributed by atoms with Gasteiger partial charge in [0.1, 0.15) is 5.75 Å². The van der Waals surface area contributed by atoms with Crippen molar-refractivity contribution in [1.29, 1.82) is 0 Å². The quantitative estimate of drug-likeness (QED) is 0.846. The van der Waals surface area contributed by atoms with Gasteiger partial charge in [0.15, 0.2) is 0 Å². The summed E-state index contributed by atoms with van der Waals surface area (Å²) in [7, 11) is 0. The Bertz CT molecular complexity index is 401. The van der Waals surface area contributed by atoms with Gasteiger partial charge in [0.05, 0.1) is 6.61 Å². The van der Waals surface area contributed by atoms with Crippen molar-refractivity contribution in [3.63, 3.8) is 0 Å². The Hall–Kier alpha value is -1.51. The van der Waals surface area contributed by atoms with Gasteiger partial charge < -0.3 is 10.1 Å². The first-order valence-electron chi connectivity index (χ1n) is 5.81. The summed E-state index contributed by atoms with van der Waals surface area (Å²) in [6.07, 6.45) is 1.82. The fourth-order valence-electron chi connectivity index (χ4n) is 2.09. The molecule has 3 heteroatoms. The van der Waals surface area contributed by atoms with E-state index in [1.54, 1.807) is 0 Å². The Kier molecular flexibility index (Phi) is 3.13. The van der Waals surface area contributed by atoms with Crippen LogP contribution in [0.1, 0.15) is 36.2 Å². The Morgan fingerprint density at radius 3 is 2.94 bits per heavy atom. The summed E-state index contributed by atoms with van der Waals surface area (Å²) in [6.45, 7) is 4.67. The van der Waals surface area contributed by atoms with Gasteiger partial charge in [-0.05, 0) is 31.9 Å². The summed E-state index contributed by atoms with van der Waals surface area (Å²) in [5, 5.41) is 3.00. The fourth-order valence-corrected chi connectivity index (χ4v) is 2.09. The van der Waals surface area contributed by atoms with E-state index in [0.29, 0.717) is 6.61 Å². The molecule has 0 radical (unpaired) electrons. The van der Waals surface area contributed by atoms with Gasteiger partial charge in [-0.1, -0.05) is 13.0 Å². The SMILES string of the molecule is CCOc1cccc2c1CC(CC)NC2=O. The molecule has 1 unspecified atom stereocenters. The molecule has 0 saturated heterocycles. The Balaban J connectivity index is 2.39. The second-order valence-electron chi connectivity index (χ2n) is 4.00. The zero-order valence-electron chi connectivity index (χ0n) is 9.75. The monoisotopic (exact) mass is 219 g/mol. The third kappa shape index (κ3) is 1.90. The number of carbonyl (C=O) groups excluding carboxylic acids is 1. The predicted molar refractivity (Wildman–Crippen MR) is 62.9 cm³/mol. The molecule has 1 aliphatic rings. The van der Waals surface area contributed by atoms with Crippen LogP contribution in [0.3, 0.4) is 0 Å². The van der Waals surface area contributed by atoms with E-state index < -0.39 is 0 Å². The smallest absolute Gasteiger partial charge is 0.251 e. The van der Waals surface area contributed by atoms with Crippen LogP contribution in [0.5, 0.6) is 5.75 Å². The van der Waals surface area contributed by atoms with Crippen LogP contribution < -0.4 is 10.1 Å². The summed E-state index contributed by atoms with van der Waals surface area (Å²) in [5.74, 6) is 0.878. The lowest BCUT2D eigenvalue weighted by atomic mass is 9.93. The molecule has 0 fully saturated rings. The molecule has 1 amide bonds. The van der Waals surface area contributed by atoms with Gasteiger partial charge in [-0.2, -0.15) is 0 Å². The topological polar surface area (TPSA) is 38.3 Å². The number of benzene rings is 1. The Morgan fingerprint density at radius 2 is 2.25 bits per heavy atom. The molecule has 2 rings (SSSR count). The van der Waals surface area contributed by atoms with Crippen molar-refractivity contribution in [2.75, 3.05) is 6.61 Å². The summed E-state index contributed by atoms with van der Waals surface area (Å²) >= 11 is 0. The van der Waals surface area contributed by atoms with E-state index in [-0.39, 0.29) is 11.9 Å². The molecule has 0 spiro atoms. The maximum atomic E-state index is 11.8. The lowest BCUT2D eigenvalue weighted by Gasteiger charge is -2.26. The first kappa shape index (κ1) is 11.0. The van der Waals surface area contributed by atoms with Crippen LogP contribution in [0.4, 0.5) is 0 Å². The Labute approximate surface area is 95.8 Å². The molecule has 1 heterocycles. The van der Waals surface area contributed by atoms with Crippen molar-refractivity contribution in [2.24, 2.45) is 0 Å². The number of amides is 1. The van der Waals surface area contributed by atoms with E-state index in [1.165, 1.54) is 0 Å². The van der Waals surface area contributed by atoms with Gasteiger partial charge in [0.25, 0.3) is 5.91 Å². The van der Waals surface area contributed by atoms with Gasteiger partial charge >= 0.3 is 0 Å². The van der Waals surface area contributed by atoms with E-state index in [0.717, 1.165) is 29.7 Å². The molecule has 1 N–H and O–H groups in total. The van der Waals surface area contributed by atoms with E-state index in [1.807, 2.05) is 25.1 Å². The van der Waals surface area contributed by atoms with Crippen molar-refractivity contribution in [3.8, 4) is 5.75 Å². The minimum Gasteiger partial charge on any atom is -0.494 e. The second kappa shape index (κ2) is 4.56. The highest BCUT2D eigenvalue weighted by Crippen LogP contribution is 2.27. The van der Waals surface area contributed by atoms with Gasteiger partial charge in [-0.3, -0.25) is 4.79 Å². The highest BCUT2D eigenvalue weighted by atomic mass is 16.5. The minimum atomic E-state index is 0.0228. The van der Waals surface area contributed by atoms with Crippen LogP contribution in [0.2, 0.25) is 0 Å². The molecule has 16 heavy (non-hydrogen) atoms. The van der Waals surface area contributed by atoms with Gasteiger partial charge in [0.2, 0.25) is 0 Å². The predicted octanol–water partition coefficient (Wildman–Crippen LogP) is 2.15. The second-order valence-corrected chi connectivity index (χ2v) is 4.00. The first-order valence-corrected chi connectivity index (χ1v) is 5.81. The lowest BCUT2D eigenvalue weighted by Crippen LogP contribution is -2.41. The zero-order chi connectivity index (χ0) is 11.5. The van der Waals surface area contributed by atoms with Gasteiger partial charge in [-0.15, -0.1) is 0 Å². The summed E-state index contributed by atoms with van der Waals surface area (Å²) in [6, 6.07) is 5.91. The summed E-state index contributed by atoms with van der Waals surface area (Å²) < 4.78 is 5.57. The number of hydrogen-bond acceptors (Lipinski definition) is 2. The van der Waals surface area contributed by atoms with Crippen molar-refractivity contribution >= 4 is 5.91 Å². The van der Waals surface area contributed by atoms with E-state index in [4.69, 9.17) is 4.74 Å². The molecule has 0 aliphatic carbocycles. The molecular formula is C13H17NO2. The third-order valence-corrected chi connectivity index (χ3v) is 2.96. The number of ether oxygens (including phenoxy) is 1. The lowest BCUT2D eigenvalue weighted by molar-refractivity contribution is 0.0923. The third-order valence-electron chi connectivity index (χ3n) is 2.96.